The first-order chi connectivity index (χ1) is 10.9. The van der Waals surface area contributed by atoms with Crippen molar-refractivity contribution in [3.63, 3.8) is 0 Å². The van der Waals surface area contributed by atoms with Crippen LogP contribution in [-0.4, -0.2) is 28.1 Å². The van der Waals surface area contributed by atoms with Crippen molar-refractivity contribution in [2.75, 3.05) is 13.1 Å². The number of hydrogen-bond donors (Lipinski definition) is 1. The first-order valence-corrected chi connectivity index (χ1v) is 7.97. The van der Waals surface area contributed by atoms with Gasteiger partial charge in [0.1, 0.15) is 0 Å². The summed E-state index contributed by atoms with van der Waals surface area (Å²) < 4.78 is 0. The number of nitrogens with one attached hydrogen (secondary N) is 1. The Morgan fingerprint density at radius 3 is 2.45 bits per heavy atom. The summed E-state index contributed by atoms with van der Waals surface area (Å²) in [4.78, 5) is 1.89. The van der Waals surface area contributed by atoms with E-state index in [0.29, 0.717) is 5.92 Å². The van der Waals surface area contributed by atoms with Crippen LogP contribution in [0.25, 0.3) is 10.8 Å². The Bertz CT molecular complexity index is 745. The van der Waals surface area contributed by atoms with Gasteiger partial charge in [0.2, 0.25) is 0 Å². The molecule has 0 saturated carbocycles. The highest BCUT2D eigenvalue weighted by Crippen LogP contribution is 2.33. The van der Waals surface area contributed by atoms with Crippen LogP contribution in [0, 0.1) is 5.92 Å². The highest BCUT2D eigenvalue weighted by molar-refractivity contribution is 5.83. The van der Waals surface area contributed by atoms with Gasteiger partial charge in [0.15, 0.2) is 0 Å². The third kappa shape index (κ3) is 2.50. The maximum absolute atomic E-state index is 4.43. The second-order valence-corrected chi connectivity index (χ2v) is 5.99. The number of hydrogen-bond acceptors (Lipinski definition) is 3. The van der Waals surface area contributed by atoms with E-state index >= 15 is 0 Å². The lowest BCUT2D eigenvalue weighted by molar-refractivity contribution is 0.260. The summed E-state index contributed by atoms with van der Waals surface area (Å²) in [5, 5.41) is 14.9. The zero-order chi connectivity index (χ0) is 14.8. The molecule has 4 rings (SSSR count). The molecule has 1 fully saturated rings. The number of rotatable bonds is 3. The molecular formula is C18H20N4. The van der Waals surface area contributed by atoms with E-state index in [-0.39, 0.29) is 6.04 Å². The number of fused-ring (bicyclic) bond motifs is 1. The van der Waals surface area contributed by atoms with Crippen LogP contribution in [-0.2, 0) is 0 Å². The number of benzene rings is 2. The average Bonchev–Trinajstić information content (AvgIpc) is 3.10. The molecule has 1 aliphatic heterocycles. The van der Waals surface area contributed by atoms with E-state index in [0.717, 1.165) is 13.1 Å². The molecule has 1 saturated heterocycles. The molecule has 0 radical (unpaired) electrons. The molecule has 1 aromatic heterocycles. The highest BCUT2D eigenvalue weighted by atomic mass is 15.5. The van der Waals surface area contributed by atoms with Crippen molar-refractivity contribution in [1.82, 2.24) is 20.3 Å². The molecule has 0 bridgehead atoms. The van der Waals surface area contributed by atoms with Crippen molar-refractivity contribution in [3.8, 4) is 0 Å². The smallest absolute Gasteiger partial charge is 0.0994 e. The fraction of sp³-hybridized carbons (Fsp3) is 0.333. The molecule has 0 aliphatic carbocycles. The molecule has 112 valence electrons. The minimum atomic E-state index is 0.224. The maximum atomic E-state index is 4.43. The Morgan fingerprint density at radius 1 is 0.955 bits per heavy atom. The second kappa shape index (κ2) is 5.89. The molecule has 4 nitrogen and oxygen atoms in total. The van der Waals surface area contributed by atoms with Gasteiger partial charge >= 0.3 is 0 Å². The summed E-state index contributed by atoms with van der Waals surface area (Å²) in [7, 11) is 0. The number of piperidine rings is 1. The predicted octanol–water partition coefficient (Wildman–Crippen LogP) is 3.02. The summed E-state index contributed by atoms with van der Waals surface area (Å²) in [6.07, 6.45) is 5.88. The Labute approximate surface area is 130 Å². The lowest BCUT2D eigenvalue weighted by atomic mass is 9.85. The van der Waals surface area contributed by atoms with E-state index in [4.69, 9.17) is 0 Å². The van der Waals surface area contributed by atoms with Crippen LogP contribution in [0.15, 0.2) is 54.9 Å². The van der Waals surface area contributed by atoms with Crippen molar-refractivity contribution in [3.05, 3.63) is 60.4 Å². The van der Waals surface area contributed by atoms with Gasteiger partial charge in [-0.25, -0.2) is 0 Å². The summed E-state index contributed by atoms with van der Waals surface area (Å²) in [6, 6.07) is 15.5. The van der Waals surface area contributed by atoms with E-state index in [2.05, 4.69) is 58.0 Å². The highest BCUT2D eigenvalue weighted by Gasteiger charge is 2.27. The topological polar surface area (TPSA) is 42.7 Å². The average molecular weight is 292 g/mol. The van der Waals surface area contributed by atoms with Gasteiger partial charge < -0.3 is 5.32 Å². The Hall–Kier alpha value is -2.20. The van der Waals surface area contributed by atoms with Crippen molar-refractivity contribution in [2.24, 2.45) is 5.92 Å². The first kappa shape index (κ1) is 13.5. The molecule has 2 heterocycles. The zero-order valence-electron chi connectivity index (χ0n) is 12.5. The fourth-order valence-corrected chi connectivity index (χ4v) is 3.52. The Morgan fingerprint density at radius 2 is 1.68 bits per heavy atom. The quantitative estimate of drug-likeness (QED) is 0.807. The van der Waals surface area contributed by atoms with Crippen molar-refractivity contribution >= 4 is 10.8 Å². The normalized spacial score (nSPS) is 17.6. The van der Waals surface area contributed by atoms with Crippen LogP contribution in [0.4, 0.5) is 0 Å². The van der Waals surface area contributed by atoms with Crippen molar-refractivity contribution < 1.29 is 0 Å². The summed E-state index contributed by atoms with van der Waals surface area (Å²) in [5.41, 5.74) is 1.31. The third-order valence-corrected chi connectivity index (χ3v) is 4.63. The Kier molecular flexibility index (Phi) is 3.60. The lowest BCUT2D eigenvalue weighted by Gasteiger charge is -2.30. The fourth-order valence-electron chi connectivity index (χ4n) is 3.52. The van der Waals surface area contributed by atoms with Gasteiger partial charge in [0, 0.05) is 0 Å². The third-order valence-electron chi connectivity index (χ3n) is 4.63. The molecule has 0 amide bonds. The van der Waals surface area contributed by atoms with Gasteiger partial charge in [0.25, 0.3) is 0 Å². The lowest BCUT2D eigenvalue weighted by Crippen LogP contribution is -2.34. The van der Waals surface area contributed by atoms with E-state index in [9.17, 15) is 0 Å². The van der Waals surface area contributed by atoms with Gasteiger partial charge in [-0.2, -0.15) is 15.0 Å². The molecule has 4 heteroatoms. The van der Waals surface area contributed by atoms with Crippen molar-refractivity contribution in [1.29, 1.82) is 0 Å². The van der Waals surface area contributed by atoms with E-state index in [1.165, 1.54) is 29.2 Å². The SMILES string of the molecule is c1ccc2cc([C@H](C3CCNCC3)n3nccn3)ccc2c1. The van der Waals surface area contributed by atoms with E-state index in [1.807, 2.05) is 4.80 Å². The minimum absolute atomic E-state index is 0.224. The van der Waals surface area contributed by atoms with E-state index < -0.39 is 0 Å². The van der Waals surface area contributed by atoms with Gasteiger partial charge in [-0.3, -0.25) is 0 Å². The van der Waals surface area contributed by atoms with Gasteiger partial charge in [-0.15, -0.1) is 0 Å². The van der Waals surface area contributed by atoms with Crippen LogP contribution in [0.3, 0.4) is 0 Å². The summed E-state index contributed by atoms with van der Waals surface area (Å²) >= 11 is 0. The monoisotopic (exact) mass is 292 g/mol. The van der Waals surface area contributed by atoms with Gasteiger partial charge in [-0.05, 0) is 54.3 Å². The molecule has 0 spiro atoms. The Balaban J connectivity index is 1.78. The van der Waals surface area contributed by atoms with Crippen LogP contribution < -0.4 is 5.32 Å². The summed E-state index contributed by atoms with van der Waals surface area (Å²) in [6.45, 7) is 2.16. The number of aromatic nitrogens is 3. The molecule has 2 aromatic carbocycles. The second-order valence-electron chi connectivity index (χ2n) is 5.99. The number of nitrogens with zero attached hydrogens (tertiary/aromatic N) is 3. The molecular weight excluding hydrogens is 272 g/mol. The van der Waals surface area contributed by atoms with Crippen LogP contribution in [0.1, 0.15) is 24.4 Å². The first-order valence-electron chi connectivity index (χ1n) is 7.97. The minimum Gasteiger partial charge on any atom is -0.317 e. The molecule has 3 aromatic rings. The van der Waals surface area contributed by atoms with Crippen LogP contribution >= 0.6 is 0 Å². The summed E-state index contributed by atoms with van der Waals surface area (Å²) in [5.74, 6) is 0.579. The van der Waals surface area contributed by atoms with Gasteiger partial charge in [0.05, 0.1) is 18.4 Å². The van der Waals surface area contributed by atoms with Crippen LogP contribution in [0.5, 0.6) is 0 Å². The maximum Gasteiger partial charge on any atom is 0.0994 e. The molecule has 0 unspecified atom stereocenters. The van der Waals surface area contributed by atoms with Crippen molar-refractivity contribution in [2.45, 2.75) is 18.9 Å². The molecule has 1 N–H and O–H groups in total. The van der Waals surface area contributed by atoms with E-state index in [1.54, 1.807) is 12.4 Å². The van der Waals surface area contributed by atoms with Gasteiger partial charge in [-0.1, -0.05) is 36.4 Å². The molecule has 1 aliphatic rings. The zero-order valence-corrected chi connectivity index (χ0v) is 12.5. The molecule has 22 heavy (non-hydrogen) atoms. The standard InChI is InChI=1S/C18H20N4/c1-2-4-16-13-17(6-5-14(16)3-1)18(22-20-11-12-21-22)15-7-9-19-10-8-15/h1-6,11-13,15,18-19H,7-10H2/t18-/m0/s1. The largest absolute Gasteiger partial charge is 0.317 e. The van der Waals surface area contributed by atoms with Crippen LogP contribution in [0.2, 0.25) is 0 Å². The molecule has 1 atom stereocenters. The predicted molar refractivity (Wildman–Crippen MR) is 87.7 cm³/mol.